The van der Waals surface area contributed by atoms with Crippen LogP contribution in [0.2, 0.25) is 5.02 Å². The third-order valence-corrected chi connectivity index (χ3v) is 3.11. The van der Waals surface area contributed by atoms with E-state index in [2.05, 4.69) is 21.2 Å². The highest BCUT2D eigenvalue weighted by Gasteiger charge is 2.13. The Bertz CT molecular complexity index is 626. The molecule has 2 rings (SSSR count). The monoisotopic (exact) mass is 350 g/mol. The highest BCUT2D eigenvalue weighted by atomic mass is 79.9. The van der Waals surface area contributed by atoms with Crippen molar-refractivity contribution in [3.63, 3.8) is 0 Å². The van der Waals surface area contributed by atoms with Gasteiger partial charge in [0.05, 0.1) is 16.4 Å². The van der Waals surface area contributed by atoms with Crippen LogP contribution < -0.4 is 11.1 Å². The second kappa shape index (κ2) is 5.30. The average Bonchev–Trinajstić information content (AvgIpc) is 2.29. The zero-order valence-corrected chi connectivity index (χ0v) is 11.6. The summed E-state index contributed by atoms with van der Waals surface area (Å²) in [6.45, 7) is 0. The van der Waals surface area contributed by atoms with Gasteiger partial charge < -0.3 is 11.1 Å². The molecule has 0 radical (unpaired) electrons. The summed E-state index contributed by atoms with van der Waals surface area (Å²) in [4.78, 5) is 0. The lowest BCUT2D eigenvalue weighted by Gasteiger charge is -2.12. The lowest BCUT2D eigenvalue weighted by atomic mass is 10.2. The lowest BCUT2D eigenvalue weighted by Crippen LogP contribution is -2.01. The first-order chi connectivity index (χ1) is 8.88. The van der Waals surface area contributed by atoms with Gasteiger partial charge >= 0.3 is 0 Å². The van der Waals surface area contributed by atoms with E-state index in [1.54, 1.807) is 0 Å². The van der Waals surface area contributed by atoms with Crippen LogP contribution in [0.4, 0.5) is 30.2 Å². The lowest BCUT2D eigenvalue weighted by molar-refractivity contribution is 0.589. The Kier molecular flexibility index (Phi) is 3.91. The van der Waals surface area contributed by atoms with Crippen LogP contribution in [0.15, 0.2) is 28.7 Å². The molecule has 0 fully saturated rings. The molecule has 0 heterocycles. The van der Waals surface area contributed by atoms with Gasteiger partial charge in [-0.3, -0.25) is 0 Å². The van der Waals surface area contributed by atoms with E-state index >= 15 is 0 Å². The van der Waals surface area contributed by atoms with Crippen LogP contribution in [0.3, 0.4) is 0 Å². The summed E-state index contributed by atoms with van der Waals surface area (Å²) in [5.41, 5.74) is 5.27. The van der Waals surface area contributed by atoms with Crippen LogP contribution >= 0.6 is 27.5 Å². The zero-order valence-electron chi connectivity index (χ0n) is 9.28. The normalized spacial score (nSPS) is 10.6. The fourth-order valence-corrected chi connectivity index (χ4v) is 2.03. The Balaban J connectivity index is 2.45. The molecule has 0 bridgehead atoms. The number of benzene rings is 2. The molecule has 0 atom stereocenters. The Labute approximate surface area is 120 Å². The second-order valence-electron chi connectivity index (χ2n) is 3.72. The molecule has 0 saturated heterocycles. The minimum absolute atomic E-state index is 0.0105. The van der Waals surface area contributed by atoms with E-state index in [1.165, 1.54) is 0 Å². The van der Waals surface area contributed by atoms with Crippen molar-refractivity contribution in [2.24, 2.45) is 0 Å². The zero-order chi connectivity index (χ0) is 14.2. The summed E-state index contributed by atoms with van der Waals surface area (Å²) < 4.78 is 40.6. The first-order valence-corrected chi connectivity index (χ1v) is 6.21. The molecule has 100 valence electrons. The molecule has 0 saturated carbocycles. The number of nitrogen functional groups attached to an aromatic ring is 1. The minimum Gasteiger partial charge on any atom is -0.397 e. The summed E-state index contributed by atoms with van der Waals surface area (Å²) >= 11 is 8.56. The number of nitrogens with one attached hydrogen (secondary N) is 1. The van der Waals surface area contributed by atoms with Crippen molar-refractivity contribution >= 4 is 44.6 Å². The summed E-state index contributed by atoms with van der Waals surface area (Å²) in [6, 6.07) is 4.31. The van der Waals surface area contributed by atoms with Crippen molar-refractivity contribution in [1.82, 2.24) is 0 Å². The fourth-order valence-electron chi connectivity index (χ4n) is 1.47. The molecule has 0 amide bonds. The van der Waals surface area contributed by atoms with E-state index < -0.39 is 23.1 Å². The Morgan fingerprint density at radius 1 is 1.00 bits per heavy atom. The van der Waals surface area contributed by atoms with Crippen LogP contribution in [0.5, 0.6) is 0 Å². The predicted molar refractivity (Wildman–Crippen MR) is 73.2 cm³/mol. The molecule has 0 spiro atoms. The van der Waals surface area contributed by atoms with Gasteiger partial charge in [0, 0.05) is 10.5 Å². The smallest absolute Gasteiger partial charge is 0.150 e. The maximum atomic E-state index is 13.6. The Morgan fingerprint density at radius 3 is 2.16 bits per heavy atom. The van der Waals surface area contributed by atoms with Crippen molar-refractivity contribution in [3.8, 4) is 0 Å². The average molecular weight is 352 g/mol. The maximum Gasteiger partial charge on any atom is 0.150 e. The third-order valence-electron chi connectivity index (χ3n) is 2.36. The molecule has 0 aromatic heterocycles. The quantitative estimate of drug-likeness (QED) is 0.759. The number of rotatable bonds is 2. The van der Waals surface area contributed by atoms with E-state index in [-0.39, 0.29) is 20.9 Å². The molecular weight excluding hydrogens is 344 g/mol. The van der Waals surface area contributed by atoms with Crippen molar-refractivity contribution < 1.29 is 13.2 Å². The van der Waals surface area contributed by atoms with Crippen LogP contribution in [0.25, 0.3) is 0 Å². The molecular formula is C12H7BrClF3N2. The molecule has 0 aliphatic heterocycles. The number of hydrogen-bond donors (Lipinski definition) is 2. The third kappa shape index (κ3) is 2.96. The SMILES string of the molecule is Nc1cc(F)c(Cl)cc1Nc1c(F)cc(Br)cc1F. The van der Waals surface area contributed by atoms with Crippen molar-refractivity contribution in [2.75, 3.05) is 11.1 Å². The Morgan fingerprint density at radius 2 is 1.58 bits per heavy atom. The van der Waals surface area contributed by atoms with Crippen LogP contribution in [-0.2, 0) is 0 Å². The van der Waals surface area contributed by atoms with Crippen molar-refractivity contribution in [2.45, 2.75) is 0 Å². The minimum atomic E-state index is -0.813. The van der Waals surface area contributed by atoms with Gasteiger partial charge in [-0.05, 0) is 18.2 Å². The van der Waals surface area contributed by atoms with E-state index in [1.807, 2.05) is 0 Å². The Hall–Kier alpha value is -1.40. The molecule has 2 aromatic rings. The van der Waals surface area contributed by atoms with Gasteiger partial charge in [-0.15, -0.1) is 0 Å². The summed E-state index contributed by atoms with van der Waals surface area (Å²) in [6.07, 6.45) is 0. The maximum absolute atomic E-state index is 13.6. The molecule has 0 unspecified atom stereocenters. The van der Waals surface area contributed by atoms with E-state index in [4.69, 9.17) is 17.3 Å². The first-order valence-electron chi connectivity index (χ1n) is 5.04. The second-order valence-corrected chi connectivity index (χ2v) is 5.05. The van der Waals surface area contributed by atoms with E-state index in [9.17, 15) is 13.2 Å². The van der Waals surface area contributed by atoms with Gasteiger partial charge in [0.25, 0.3) is 0 Å². The van der Waals surface area contributed by atoms with Gasteiger partial charge in [-0.25, -0.2) is 13.2 Å². The van der Waals surface area contributed by atoms with Gasteiger partial charge in [0.15, 0.2) is 11.6 Å². The van der Waals surface area contributed by atoms with E-state index in [0.717, 1.165) is 24.3 Å². The molecule has 7 heteroatoms. The number of nitrogens with two attached hydrogens (primary N) is 1. The molecule has 0 aliphatic rings. The number of anilines is 3. The highest BCUT2D eigenvalue weighted by Crippen LogP contribution is 2.32. The first kappa shape index (κ1) is 14.0. The van der Waals surface area contributed by atoms with Crippen molar-refractivity contribution in [1.29, 1.82) is 0 Å². The standard InChI is InChI=1S/C12H7BrClF3N2/c13-5-1-8(16)12(9(17)2-5)19-11-3-6(14)7(15)4-10(11)18/h1-4,19H,18H2. The van der Waals surface area contributed by atoms with Crippen LogP contribution in [-0.4, -0.2) is 0 Å². The topological polar surface area (TPSA) is 38.0 Å². The fraction of sp³-hybridized carbons (Fsp3) is 0. The van der Waals surface area contributed by atoms with Crippen LogP contribution in [0, 0.1) is 17.5 Å². The molecule has 2 aromatic carbocycles. The predicted octanol–water partition coefficient (Wildman–Crippen LogP) is 4.85. The van der Waals surface area contributed by atoms with Gasteiger partial charge in [-0.1, -0.05) is 27.5 Å². The molecule has 19 heavy (non-hydrogen) atoms. The summed E-state index contributed by atoms with van der Waals surface area (Å²) in [5.74, 6) is -2.33. The van der Waals surface area contributed by atoms with E-state index in [0.29, 0.717) is 0 Å². The van der Waals surface area contributed by atoms with Gasteiger partial charge in [0.1, 0.15) is 11.5 Å². The van der Waals surface area contributed by atoms with Gasteiger partial charge in [-0.2, -0.15) is 0 Å². The summed E-state index contributed by atoms with van der Waals surface area (Å²) in [7, 11) is 0. The number of hydrogen-bond acceptors (Lipinski definition) is 2. The summed E-state index contributed by atoms with van der Waals surface area (Å²) in [5, 5.41) is 2.26. The molecule has 3 N–H and O–H groups in total. The van der Waals surface area contributed by atoms with Crippen LogP contribution in [0.1, 0.15) is 0 Å². The largest absolute Gasteiger partial charge is 0.397 e. The molecule has 0 aliphatic carbocycles. The number of halogens is 5. The van der Waals surface area contributed by atoms with Gasteiger partial charge in [0.2, 0.25) is 0 Å². The highest BCUT2D eigenvalue weighted by molar-refractivity contribution is 9.10. The van der Waals surface area contributed by atoms with Crippen molar-refractivity contribution in [3.05, 3.63) is 51.2 Å². The molecule has 2 nitrogen and oxygen atoms in total.